The highest BCUT2D eigenvalue weighted by Gasteiger charge is 2.07. The van der Waals surface area contributed by atoms with E-state index < -0.39 is 0 Å². The zero-order valence-corrected chi connectivity index (χ0v) is 14.4. The van der Waals surface area contributed by atoms with E-state index in [1.165, 1.54) is 12.8 Å². The Kier molecular flexibility index (Phi) is 5.19. The number of benzene rings is 1. The highest BCUT2D eigenvalue weighted by Crippen LogP contribution is 2.34. The summed E-state index contributed by atoms with van der Waals surface area (Å²) < 4.78 is 7.74. The average molecular weight is 370 g/mol. The number of thiazole rings is 1. The van der Waals surface area contributed by atoms with Crippen LogP contribution >= 0.6 is 27.3 Å². The third kappa shape index (κ3) is 3.54. The molecule has 0 saturated heterocycles. The number of aromatic nitrogens is 1. The molecule has 0 aliphatic rings. The van der Waals surface area contributed by atoms with Gasteiger partial charge in [-0.2, -0.15) is 5.10 Å². The van der Waals surface area contributed by atoms with Gasteiger partial charge >= 0.3 is 0 Å². The van der Waals surface area contributed by atoms with Crippen LogP contribution in [0.25, 0.3) is 0 Å². The van der Waals surface area contributed by atoms with Crippen LogP contribution in [-0.2, 0) is 6.54 Å². The normalized spacial score (nSPS) is 12.3. The number of aromatic hydroxyl groups is 1. The smallest absolute Gasteiger partial charge is 0.210 e. The number of ether oxygens (including phenoxy) is 1. The van der Waals surface area contributed by atoms with Gasteiger partial charge in [0.15, 0.2) is 11.5 Å². The molecule has 1 heterocycles. The van der Waals surface area contributed by atoms with E-state index in [4.69, 9.17) is 4.74 Å². The molecule has 1 aromatic carbocycles. The van der Waals surface area contributed by atoms with E-state index in [9.17, 15) is 5.11 Å². The van der Waals surface area contributed by atoms with Crippen molar-refractivity contribution >= 4 is 33.5 Å². The van der Waals surface area contributed by atoms with Crippen LogP contribution in [0.4, 0.5) is 0 Å². The number of methoxy groups -OCH3 is 1. The fourth-order valence-corrected chi connectivity index (χ4v) is 3.20. The van der Waals surface area contributed by atoms with Crippen LogP contribution in [0.5, 0.6) is 11.5 Å². The number of aryl methyl sites for hydroxylation is 1. The number of halogens is 1. The minimum Gasteiger partial charge on any atom is -0.503 e. The van der Waals surface area contributed by atoms with Gasteiger partial charge in [0.1, 0.15) is 0 Å². The minimum absolute atomic E-state index is 0.0734. The van der Waals surface area contributed by atoms with Gasteiger partial charge in [0.2, 0.25) is 4.80 Å². The summed E-state index contributed by atoms with van der Waals surface area (Å²) in [4.78, 5) is 0.857. The van der Waals surface area contributed by atoms with Crippen LogP contribution < -0.4 is 9.54 Å². The predicted molar refractivity (Wildman–Crippen MR) is 88.2 cm³/mol. The number of rotatable bonds is 4. The van der Waals surface area contributed by atoms with Crippen molar-refractivity contribution in [2.45, 2.75) is 20.4 Å². The first-order valence-electron chi connectivity index (χ1n) is 6.35. The Morgan fingerprint density at radius 2 is 2.24 bits per heavy atom. The van der Waals surface area contributed by atoms with Crippen molar-refractivity contribution in [2.75, 3.05) is 7.11 Å². The Balaban J connectivity index is 2.32. The summed E-state index contributed by atoms with van der Waals surface area (Å²) in [6.45, 7) is 4.98. The van der Waals surface area contributed by atoms with Crippen LogP contribution in [0.3, 0.4) is 0 Å². The molecular formula is C14H16BrN3O2S. The number of nitrogens with zero attached hydrogens (tertiary/aromatic N) is 3. The molecule has 1 N–H and O–H groups in total. The Morgan fingerprint density at radius 1 is 1.48 bits per heavy atom. The minimum atomic E-state index is 0.0734. The first-order chi connectivity index (χ1) is 10.1. The van der Waals surface area contributed by atoms with E-state index in [-0.39, 0.29) is 5.75 Å². The maximum atomic E-state index is 9.75. The molecule has 0 fully saturated rings. The molecule has 112 valence electrons. The molecule has 0 atom stereocenters. The zero-order chi connectivity index (χ0) is 15.4. The standard InChI is InChI=1S/C14H16BrN3O2S/c1-4-18-9(2)8-21-14(18)17-16-7-10-5-11(15)13(19)12(6-10)20-3/h5-8,19H,4H2,1-3H3/b16-7+,17-14+. The molecule has 0 radical (unpaired) electrons. The maximum Gasteiger partial charge on any atom is 0.210 e. The second-order valence-corrected chi connectivity index (χ2v) is 5.99. The molecular weight excluding hydrogens is 354 g/mol. The van der Waals surface area contributed by atoms with Crippen molar-refractivity contribution < 1.29 is 9.84 Å². The van der Waals surface area contributed by atoms with Crippen molar-refractivity contribution in [2.24, 2.45) is 10.2 Å². The summed E-state index contributed by atoms with van der Waals surface area (Å²) >= 11 is 4.83. The van der Waals surface area contributed by atoms with Gasteiger partial charge in [0.05, 0.1) is 17.8 Å². The third-order valence-corrected chi connectivity index (χ3v) is 4.50. The highest BCUT2D eigenvalue weighted by atomic mass is 79.9. The SMILES string of the molecule is CCn1c(C)cs/c1=N/N=C/c1cc(Br)c(O)c(OC)c1. The van der Waals surface area contributed by atoms with E-state index >= 15 is 0 Å². The number of hydrogen-bond acceptors (Lipinski definition) is 5. The molecule has 2 aromatic rings. The van der Waals surface area contributed by atoms with Crippen LogP contribution in [0.1, 0.15) is 18.2 Å². The van der Waals surface area contributed by atoms with E-state index in [0.717, 1.165) is 16.9 Å². The molecule has 0 aliphatic heterocycles. The van der Waals surface area contributed by atoms with Gasteiger partial charge in [-0.25, -0.2) is 0 Å². The zero-order valence-electron chi connectivity index (χ0n) is 12.0. The molecule has 2 rings (SSSR count). The van der Waals surface area contributed by atoms with E-state index in [0.29, 0.717) is 10.2 Å². The second-order valence-electron chi connectivity index (χ2n) is 4.30. The van der Waals surface area contributed by atoms with Gasteiger partial charge in [-0.05, 0) is 47.5 Å². The number of phenols is 1. The Bertz CT molecular complexity index is 734. The molecule has 0 amide bonds. The predicted octanol–water partition coefficient (Wildman–Crippen LogP) is 3.29. The topological polar surface area (TPSA) is 59.1 Å². The van der Waals surface area contributed by atoms with E-state index in [2.05, 4.69) is 43.0 Å². The molecule has 0 bridgehead atoms. The summed E-state index contributed by atoms with van der Waals surface area (Å²) in [7, 11) is 1.51. The molecule has 0 saturated carbocycles. The summed E-state index contributed by atoms with van der Waals surface area (Å²) in [6.07, 6.45) is 1.63. The Labute approximate surface area is 135 Å². The number of phenolic OH excluding ortho intramolecular Hbond substituents is 1. The summed E-state index contributed by atoms with van der Waals surface area (Å²) in [5, 5.41) is 20.2. The van der Waals surface area contributed by atoms with Crippen LogP contribution in [0.15, 0.2) is 32.2 Å². The van der Waals surface area contributed by atoms with Crippen LogP contribution in [0, 0.1) is 6.92 Å². The fraction of sp³-hybridized carbons (Fsp3) is 0.286. The lowest BCUT2D eigenvalue weighted by Gasteiger charge is -2.05. The summed E-state index contributed by atoms with van der Waals surface area (Å²) in [6, 6.07) is 3.46. The first kappa shape index (κ1) is 15.8. The molecule has 5 nitrogen and oxygen atoms in total. The largest absolute Gasteiger partial charge is 0.503 e. The third-order valence-electron chi connectivity index (χ3n) is 2.93. The van der Waals surface area contributed by atoms with Gasteiger partial charge in [-0.3, -0.25) is 0 Å². The lowest BCUT2D eigenvalue weighted by molar-refractivity contribution is 0.372. The molecule has 7 heteroatoms. The van der Waals surface area contributed by atoms with Gasteiger partial charge in [0.25, 0.3) is 0 Å². The van der Waals surface area contributed by atoms with Crippen molar-refractivity contribution in [3.63, 3.8) is 0 Å². The maximum absolute atomic E-state index is 9.75. The summed E-state index contributed by atoms with van der Waals surface area (Å²) in [5.41, 5.74) is 1.96. The molecule has 0 spiro atoms. The number of hydrogen-bond donors (Lipinski definition) is 1. The quantitative estimate of drug-likeness (QED) is 0.663. The van der Waals surface area contributed by atoms with Gasteiger partial charge in [-0.15, -0.1) is 16.4 Å². The Hall–Kier alpha value is -1.60. The molecule has 21 heavy (non-hydrogen) atoms. The van der Waals surface area contributed by atoms with Crippen molar-refractivity contribution in [1.29, 1.82) is 0 Å². The van der Waals surface area contributed by atoms with Gasteiger partial charge in [0, 0.05) is 17.6 Å². The highest BCUT2D eigenvalue weighted by molar-refractivity contribution is 9.10. The van der Waals surface area contributed by atoms with E-state index in [1.54, 1.807) is 29.7 Å². The lowest BCUT2D eigenvalue weighted by atomic mass is 10.2. The summed E-state index contributed by atoms with van der Waals surface area (Å²) in [5.74, 6) is 0.464. The second kappa shape index (κ2) is 6.91. The molecule has 0 unspecified atom stereocenters. The fourth-order valence-electron chi connectivity index (χ4n) is 1.85. The van der Waals surface area contributed by atoms with Crippen molar-refractivity contribution in [3.8, 4) is 11.5 Å². The molecule has 1 aromatic heterocycles. The van der Waals surface area contributed by atoms with Gasteiger partial charge in [-0.1, -0.05) is 0 Å². The average Bonchev–Trinajstić information content (AvgIpc) is 2.82. The van der Waals surface area contributed by atoms with Gasteiger partial charge < -0.3 is 14.4 Å². The van der Waals surface area contributed by atoms with Crippen LogP contribution in [-0.4, -0.2) is 23.0 Å². The lowest BCUT2D eigenvalue weighted by Crippen LogP contribution is -2.14. The van der Waals surface area contributed by atoms with Crippen LogP contribution in [0.2, 0.25) is 0 Å². The molecule has 0 aliphatic carbocycles. The van der Waals surface area contributed by atoms with Crippen molar-refractivity contribution in [1.82, 2.24) is 4.57 Å². The van der Waals surface area contributed by atoms with E-state index in [1.807, 2.05) is 6.92 Å². The monoisotopic (exact) mass is 369 g/mol. The van der Waals surface area contributed by atoms with Crippen molar-refractivity contribution in [3.05, 3.63) is 38.0 Å². The first-order valence-corrected chi connectivity index (χ1v) is 8.02. The Morgan fingerprint density at radius 3 is 2.90 bits per heavy atom.